The average molecular weight is 510 g/mol. The maximum atomic E-state index is 4.94. The molecule has 0 bridgehead atoms. The van der Waals surface area contributed by atoms with Crippen molar-refractivity contribution in [3.05, 3.63) is 64.7 Å². The molecule has 4 aromatic heterocycles. The Morgan fingerprint density at radius 1 is 0.946 bits per heavy atom. The van der Waals surface area contributed by atoms with Gasteiger partial charge in [-0.1, -0.05) is 18.2 Å². The minimum atomic E-state index is 0.929. The van der Waals surface area contributed by atoms with Crippen molar-refractivity contribution in [2.75, 3.05) is 31.1 Å². The van der Waals surface area contributed by atoms with E-state index in [1.807, 2.05) is 12.3 Å². The number of aryl methyl sites for hydroxylation is 3. The van der Waals surface area contributed by atoms with Gasteiger partial charge in [-0.15, -0.1) is 11.3 Å². The molecule has 0 radical (unpaired) electrons. The Morgan fingerprint density at radius 2 is 1.81 bits per heavy atom. The lowest BCUT2D eigenvalue weighted by Gasteiger charge is -2.35. The molecule has 0 saturated carbocycles. The molecule has 2 aliphatic rings. The van der Waals surface area contributed by atoms with Crippen molar-refractivity contribution in [3.63, 3.8) is 0 Å². The van der Waals surface area contributed by atoms with E-state index in [9.17, 15) is 0 Å². The Labute approximate surface area is 220 Å². The summed E-state index contributed by atoms with van der Waals surface area (Å²) in [5, 5.41) is 2.32. The maximum Gasteiger partial charge on any atom is 0.156 e. The van der Waals surface area contributed by atoms with Crippen LogP contribution in [0.25, 0.3) is 32.5 Å². The zero-order valence-corrected chi connectivity index (χ0v) is 22.3. The summed E-state index contributed by atoms with van der Waals surface area (Å²) in [6, 6.07) is 10.6. The van der Waals surface area contributed by atoms with E-state index in [1.54, 1.807) is 17.7 Å². The van der Waals surface area contributed by atoms with Gasteiger partial charge < -0.3 is 9.47 Å². The number of rotatable bonds is 4. The third-order valence-electron chi connectivity index (χ3n) is 7.94. The second-order valence-electron chi connectivity index (χ2n) is 10.3. The van der Waals surface area contributed by atoms with Gasteiger partial charge in [0.1, 0.15) is 22.4 Å². The van der Waals surface area contributed by atoms with Gasteiger partial charge in [0.25, 0.3) is 0 Å². The van der Waals surface area contributed by atoms with Gasteiger partial charge in [-0.2, -0.15) is 0 Å². The predicted molar refractivity (Wildman–Crippen MR) is 150 cm³/mol. The molecule has 7 rings (SSSR count). The first-order valence-corrected chi connectivity index (χ1v) is 14.1. The zero-order valence-electron chi connectivity index (χ0n) is 21.4. The summed E-state index contributed by atoms with van der Waals surface area (Å²) in [6.45, 7) is 10.1. The number of anilines is 1. The Balaban J connectivity index is 1.18. The van der Waals surface area contributed by atoms with Crippen LogP contribution in [0.15, 0.2) is 42.9 Å². The average Bonchev–Trinajstić information content (AvgIpc) is 3.45. The van der Waals surface area contributed by atoms with Crippen LogP contribution in [0.4, 0.5) is 5.82 Å². The number of hydrogen-bond donors (Lipinski definition) is 0. The fraction of sp³-hybridized carbons (Fsp3) is 0.379. The Bertz CT molecular complexity index is 1590. The van der Waals surface area contributed by atoms with Crippen LogP contribution in [0, 0.1) is 13.8 Å². The number of nitrogens with zero attached hydrogens (tertiary/aromatic N) is 7. The molecule has 7 nitrogen and oxygen atoms in total. The quantitative estimate of drug-likeness (QED) is 0.324. The smallest absolute Gasteiger partial charge is 0.156 e. The van der Waals surface area contributed by atoms with E-state index < -0.39 is 0 Å². The minimum Gasteiger partial charge on any atom is -0.352 e. The summed E-state index contributed by atoms with van der Waals surface area (Å²) >= 11 is 1.79. The van der Waals surface area contributed by atoms with Crippen LogP contribution in [-0.4, -0.2) is 55.6 Å². The van der Waals surface area contributed by atoms with Crippen molar-refractivity contribution in [1.29, 1.82) is 0 Å². The SMILES string of the molecule is Cc1nc(-c2c3n(c4c(N5CCN(Cc6cnc7ccccc7c6)CC5)ncnc24)CCCC3)sc1C. The number of piperazine rings is 1. The van der Waals surface area contributed by atoms with Gasteiger partial charge >= 0.3 is 0 Å². The molecule has 37 heavy (non-hydrogen) atoms. The molecular formula is C29H31N7S. The summed E-state index contributed by atoms with van der Waals surface area (Å²) in [5.74, 6) is 1.08. The molecule has 0 atom stereocenters. The fourth-order valence-electron chi connectivity index (χ4n) is 5.89. The zero-order chi connectivity index (χ0) is 24.9. The Morgan fingerprint density at radius 3 is 2.65 bits per heavy atom. The Kier molecular flexibility index (Phi) is 5.66. The highest BCUT2D eigenvalue weighted by Gasteiger charge is 2.29. The first-order chi connectivity index (χ1) is 18.2. The van der Waals surface area contributed by atoms with Crippen LogP contribution in [0.2, 0.25) is 0 Å². The molecule has 8 heteroatoms. The highest BCUT2D eigenvalue weighted by Crippen LogP contribution is 2.41. The van der Waals surface area contributed by atoms with Crippen LogP contribution in [0.5, 0.6) is 0 Å². The highest BCUT2D eigenvalue weighted by molar-refractivity contribution is 7.15. The molecule has 1 fully saturated rings. The molecule has 0 aliphatic carbocycles. The molecule has 0 spiro atoms. The van der Waals surface area contributed by atoms with Crippen molar-refractivity contribution in [2.24, 2.45) is 0 Å². The van der Waals surface area contributed by atoms with Gasteiger partial charge in [0.05, 0.1) is 16.8 Å². The molecule has 6 heterocycles. The molecule has 0 unspecified atom stereocenters. The lowest BCUT2D eigenvalue weighted by molar-refractivity contribution is 0.249. The normalized spacial score (nSPS) is 16.5. The van der Waals surface area contributed by atoms with Gasteiger partial charge in [0, 0.05) is 61.4 Å². The van der Waals surface area contributed by atoms with Crippen molar-refractivity contribution >= 4 is 39.1 Å². The van der Waals surface area contributed by atoms with Crippen LogP contribution < -0.4 is 4.90 Å². The van der Waals surface area contributed by atoms with Crippen LogP contribution >= 0.6 is 11.3 Å². The standard InChI is InChI=1S/C29H31N7S/c1-19-20(2)37-29(33-19)25-24-9-5-6-10-36(24)27-26(25)31-18-32-28(27)35-13-11-34(12-14-35)17-21-15-22-7-3-4-8-23(22)30-16-21/h3-4,7-8,15-16,18H,5-6,9-14,17H2,1-2H3. The first kappa shape index (κ1) is 22.8. The van der Waals surface area contributed by atoms with Crippen LogP contribution in [0.1, 0.15) is 34.7 Å². The van der Waals surface area contributed by atoms with Gasteiger partial charge in [-0.3, -0.25) is 9.88 Å². The largest absolute Gasteiger partial charge is 0.352 e. The second kappa shape index (κ2) is 9.19. The lowest BCUT2D eigenvalue weighted by atomic mass is 10.1. The topological polar surface area (TPSA) is 63.0 Å². The fourth-order valence-corrected chi connectivity index (χ4v) is 6.87. The van der Waals surface area contributed by atoms with Crippen LogP contribution in [0.3, 0.4) is 0 Å². The first-order valence-electron chi connectivity index (χ1n) is 13.3. The van der Waals surface area contributed by atoms with E-state index in [-0.39, 0.29) is 0 Å². The summed E-state index contributed by atoms with van der Waals surface area (Å²) in [5.41, 5.74) is 8.35. The summed E-state index contributed by atoms with van der Waals surface area (Å²) in [7, 11) is 0. The van der Waals surface area contributed by atoms with Gasteiger partial charge in [-0.25, -0.2) is 15.0 Å². The van der Waals surface area contributed by atoms with E-state index in [4.69, 9.17) is 15.0 Å². The van der Waals surface area contributed by atoms with E-state index >= 15 is 0 Å². The second-order valence-corrected chi connectivity index (χ2v) is 11.5. The van der Waals surface area contributed by atoms with Crippen LogP contribution in [-0.2, 0) is 19.5 Å². The number of para-hydroxylation sites is 1. The number of benzene rings is 1. The van der Waals surface area contributed by atoms with Crippen molar-refractivity contribution in [2.45, 2.75) is 46.2 Å². The number of hydrogen-bond acceptors (Lipinski definition) is 7. The molecule has 0 amide bonds. The third-order valence-corrected chi connectivity index (χ3v) is 9.03. The number of aromatic nitrogens is 5. The molecule has 2 aliphatic heterocycles. The number of fused-ring (bicyclic) bond motifs is 4. The monoisotopic (exact) mass is 509 g/mol. The molecular weight excluding hydrogens is 478 g/mol. The molecule has 1 aromatic carbocycles. The third kappa shape index (κ3) is 3.99. The van der Waals surface area contributed by atoms with Gasteiger partial charge in [0.2, 0.25) is 0 Å². The maximum absolute atomic E-state index is 4.94. The van der Waals surface area contributed by atoms with E-state index in [2.05, 4.69) is 57.5 Å². The summed E-state index contributed by atoms with van der Waals surface area (Å²) < 4.78 is 2.50. The molecule has 0 N–H and O–H groups in total. The van der Waals surface area contributed by atoms with E-state index in [0.717, 1.165) is 73.2 Å². The molecule has 1 saturated heterocycles. The predicted octanol–water partition coefficient (Wildman–Crippen LogP) is 5.38. The van der Waals surface area contributed by atoms with E-state index in [0.29, 0.717) is 0 Å². The Hall–Kier alpha value is -3.36. The van der Waals surface area contributed by atoms with Crippen molar-refractivity contribution in [3.8, 4) is 10.6 Å². The van der Waals surface area contributed by atoms with Gasteiger partial charge in [0.15, 0.2) is 5.82 Å². The number of pyridine rings is 1. The number of thiazole rings is 1. The van der Waals surface area contributed by atoms with Gasteiger partial charge in [-0.05, 0) is 50.8 Å². The highest BCUT2D eigenvalue weighted by atomic mass is 32.1. The van der Waals surface area contributed by atoms with Crippen molar-refractivity contribution < 1.29 is 0 Å². The van der Waals surface area contributed by atoms with Crippen molar-refractivity contribution in [1.82, 2.24) is 29.4 Å². The lowest BCUT2D eigenvalue weighted by Crippen LogP contribution is -2.46. The summed E-state index contributed by atoms with van der Waals surface area (Å²) in [6.07, 6.45) is 7.29. The summed E-state index contributed by atoms with van der Waals surface area (Å²) in [4.78, 5) is 25.6. The molecule has 5 aromatic rings. The minimum absolute atomic E-state index is 0.929. The molecule has 188 valence electrons. The van der Waals surface area contributed by atoms with E-state index in [1.165, 1.54) is 45.4 Å².